The molecule has 4 atom stereocenters. The highest BCUT2D eigenvalue weighted by Gasteiger charge is 2.59. The van der Waals surface area contributed by atoms with Gasteiger partial charge >= 0.3 is 0 Å². The number of nitrogens with zero attached hydrogens (tertiary/aromatic N) is 1. The molecular weight excluding hydrogens is 508 g/mol. The fourth-order valence-corrected chi connectivity index (χ4v) is 8.78. The summed E-state index contributed by atoms with van der Waals surface area (Å²) in [4.78, 5) is 16.8. The zero-order valence-electron chi connectivity index (χ0n) is 24.6. The minimum absolute atomic E-state index is 0.0743. The van der Waals surface area contributed by atoms with Crippen molar-refractivity contribution in [1.29, 1.82) is 5.41 Å². The molecule has 1 amide bonds. The van der Waals surface area contributed by atoms with Crippen LogP contribution in [0.3, 0.4) is 0 Å². The molecule has 2 aromatic rings. The van der Waals surface area contributed by atoms with E-state index in [0.29, 0.717) is 11.8 Å². The topological polar surface area (TPSA) is 120 Å². The first-order valence-corrected chi connectivity index (χ1v) is 16.3. The highest BCUT2D eigenvalue weighted by atomic mass is 16.2. The van der Waals surface area contributed by atoms with Crippen LogP contribution in [0.5, 0.6) is 0 Å². The highest BCUT2D eigenvalue weighted by molar-refractivity contribution is 5.86. The fraction of sp³-hybridized carbons (Fsp3) is 0.647. The van der Waals surface area contributed by atoms with E-state index in [2.05, 4.69) is 58.0 Å². The first-order valence-electron chi connectivity index (χ1n) is 16.3. The minimum Gasteiger partial charge on any atom is -0.387 e. The summed E-state index contributed by atoms with van der Waals surface area (Å²) in [6.07, 6.45) is 14.9. The van der Waals surface area contributed by atoms with Gasteiger partial charge in [-0.2, -0.15) is 0 Å². The molecule has 0 bridgehead atoms. The van der Waals surface area contributed by atoms with Crippen molar-refractivity contribution in [3.05, 3.63) is 48.0 Å². The van der Waals surface area contributed by atoms with Crippen LogP contribution in [-0.4, -0.2) is 46.5 Å². The molecule has 3 saturated carbocycles. The summed E-state index contributed by atoms with van der Waals surface area (Å²) in [6.45, 7) is 0.728. The number of carbonyl (C=O) groups excluding carboxylic acids is 1. The van der Waals surface area contributed by atoms with Gasteiger partial charge in [-0.25, -0.2) is 0 Å². The Labute approximate surface area is 245 Å². The Morgan fingerprint density at radius 2 is 1.63 bits per heavy atom. The van der Waals surface area contributed by atoms with Gasteiger partial charge in [-0.15, -0.1) is 0 Å². The number of fused-ring (bicyclic) bond motifs is 2. The van der Waals surface area contributed by atoms with Crippen LogP contribution >= 0.6 is 0 Å². The number of rotatable bonds is 6. The molecule has 3 aliphatic carbocycles. The molecule has 6 rings (SSSR count). The van der Waals surface area contributed by atoms with Crippen LogP contribution in [0.15, 0.2) is 42.5 Å². The third-order valence-corrected chi connectivity index (χ3v) is 11.0. The molecule has 7 heteroatoms. The second kappa shape index (κ2) is 12.4. The van der Waals surface area contributed by atoms with Crippen LogP contribution in [0.2, 0.25) is 0 Å². The van der Waals surface area contributed by atoms with E-state index in [1.54, 1.807) is 0 Å². The van der Waals surface area contributed by atoms with E-state index < -0.39 is 6.17 Å². The lowest BCUT2D eigenvalue weighted by Gasteiger charge is -2.49. The Bertz CT molecular complexity index is 1210. The number of hydrogen-bond acceptors (Lipinski definition) is 5. The molecule has 0 spiro atoms. The first-order chi connectivity index (χ1) is 19.9. The first kappa shape index (κ1) is 28.6. The number of amides is 1. The Morgan fingerprint density at radius 1 is 0.927 bits per heavy atom. The largest absolute Gasteiger partial charge is 0.387 e. The van der Waals surface area contributed by atoms with Gasteiger partial charge in [0.05, 0.1) is 5.84 Å². The lowest BCUT2D eigenvalue weighted by atomic mass is 9.63. The van der Waals surface area contributed by atoms with Gasteiger partial charge in [-0.1, -0.05) is 74.6 Å². The molecule has 41 heavy (non-hydrogen) atoms. The molecule has 1 aliphatic heterocycles. The fourth-order valence-electron chi connectivity index (χ4n) is 8.78. The zero-order valence-corrected chi connectivity index (χ0v) is 24.6. The van der Waals surface area contributed by atoms with Gasteiger partial charge in [-0.05, 0) is 80.0 Å². The van der Waals surface area contributed by atoms with Crippen molar-refractivity contribution < 1.29 is 4.79 Å². The Balaban J connectivity index is 1.37. The van der Waals surface area contributed by atoms with E-state index >= 15 is 0 Å². The molecule has 4 unspecified atom stereocenters. The van der Waals surface area contributed by atoms with Crippen molar-refractivity contribution in [2.75, 3.05) is 0 Å². The molecular formula is C34H50N6O. The summed E-state index contributed by atoms with van der Waals surface area (Å²) < 4.78 is 0. The standard InChI is InChI=1S/C34H50N6O/c35-27-16-18-28(19-17-27)38-33(41)32-39-34(26-12-4-2-1-3-5-13-26)21-24(31(36)37)15-20-30(34)40(32)22-25-11-8-10-23-9-6-7-14-29(23)25/h6-11,14,24,26-28,30,32,39H,1-5,12-13,15-22,35H2,(H3,36,37)(H,38,41)/t24?,27-,28-,30?,32?,34?. The van der Waals surface area contributed by atoms with Gasteiger partial charge in [0.1, 0.15) is 6.17 Å². The summed E-state index contributed by atoms with van der Waals surface area (Å²) in [6, 6.07) is 15.8. The van der Waals surface area contributed by atoms with E-state index in [4.69, 9.17) is 16.9 Å². The number of nitrogens with one attached hydrogen (secondary N) is 3. The van der Waals surface area contributed by atoms with Gasteiger partial charge in [0, 0.05) is 36.1 Å². The van der Waals surface area contributed by atoms with Crippen LogP contribution in [0.25, 0.3) is 10.8 Å². The predicted molar refractivity (Wildman–Crippen MR) is 166 cm³/mol. The van der Waals surface area contributed by atoms with Gasteiger partial charge in [0.25, 0.3) is 5.91 Å². The van der Waals surface area contributed by atoms with E-state index in [-0.39, 0.29) is 35.5 Å². The van der Waals surface area contributed by atoms with Crippen molar-refractivity contribution in [3.8, 4) is 0 Å². The second-order valence-electron chi connectivity index (χ2n) is 13.5. The molecule has 4 aliphatic rings. The van der Waals surface area contributed by atoms with E-state index in [1.165, 1.54) is 61.3 Å². The van der Waals surface area contributed by atoms with E-state index in [1.807, 2.05) is 0 Å². The molecule has 7 N–H and O–H groups in total. The molecule has 7 nitrogen and oxygen atoms in total. The molecule has 1 heterocycles. The number of carbonyl (C=O) groups is 1. The summed E-state index contributed by atoms with van der Waals surface area (Å²) in [5.74, 6) is 0.966. The highest BCUT2D eigenvalue weighted by Crippen LogP contribution is 2.49. The molecule has 0 radical (unpaired) electrons. The maximum atomic E-state index is 14.3. The number of nitrogens with two attached hydrogens (primary N) is 2. The quantitative estimate of drug-likeness (QED) is 0.248. The van der Waals surface area contributed by atoms with Crippen molar-refractivity contribution in [2.24, 2.45) is 23.3 Å². The summed E-state index contributed by atoms with van der Waals surface area (Å²) in [5.41, 5.74) is 13.4. The molecule has 1 saturated heterocycles. The summed E-state index contributed by atoms with van der Waals surface area (Å²) in [7, 11) is 0. The maximum Gasteiger partial charge on any atom is 0.252 e. The lowest BCUT2D eigenvalue weighted by molar-refractivity contribution is -0.127. The molecule has 2 aromatic carbocycles. The molecule has 4 fully saturated rings. The average molecular weight is 559 g/mol. The number of amidine groups is 1. The number of hydrogen-bond donors (Lipinski definition) is 5. The minimum atomic E-state index is -0.397. The Kier molecular flexibility index (Phi) is 8.66. The van der Waals surface area contributed by atoms with Gasteiger partial charge in [0.2, 0.25) is 0 Å². The van der Waals surface area contributed by atoms with Gasteiger partial charge in [0.15, 0.2) is 0 Å². The summed E-state index contributed by atoms with van der Waals surface area (Å²) >= 11 is 0. The van der Waals surface area contributed by atoms with Crippen LogP contribution < -0.4 is 22.1 Å². The summed E-state index contributed by atoms with van der Waals surface area (Å²) in [5, 5.41) is 18.4. The van der Waals surface area contributed by atoms with Crippen LogP contribution in [0, 0.1) is 17.2 Å². The third-order valence-electron chi connectivity index (χ3n) is 11.0. The lowest BCUT2D eigenvalue weighted by Crippen LogP contribution is -2.60. The Hall–Kier alpha value is -2.48. The predicted octanol–water partition coefficient (Wildman–Crippen LogP) is 5.16. The van der Waals surface area contributed by atoms with Crippen molar-refractivity contribution in [1.82, 2.24) is 15.5 Å². The SMILES string of the molecule is N=C(N)C1CCC2N(Cc3cccc4ccccc34)C(C(=O)N[C@H]3CC[C@H](N)CC3)NC2(C2CCCCCCC2)C1. The van der Waals surface area contributed by atoms with Crippen LogP contribution in [-0.2, 0) is 11.3 Å². The second-order valence-corrected chi connectivity index (χ2v) is 13.5. The average Bonchev–Trinajstić information content (AvgIpc) is 3.28. The van der Waals surface area contributed by atoms with Crippen LogP contribution in [0.4, 0.5) is 0 Å². The molecule has 0 aromatic heterocycles. The number of benzene rings is 2. The van der Waals surface area contributed by atoms with Crippen molar-refractivity contribution in [2.45, 2.75) is 126 Å². The Morgan fingerprint density at radius 3 is 2.39 bits per heavy atom. The normalized spacial score (nSPS) is 33.5. The van der Waals surface area contributed by atoms with Gasteiger partial charge in [-0.3, -0.25) is 20.4 Å². The van der Waals surface area contributed by atoms with E-state index in [9.17, 15) is 4.79 Å². The third kappa shape index (κ3) is 5.91. The zero-order chi connectivity index (χ0) is 28.4. The van der Waals surface area contributed by atoms with Gasteiger partial charge < -0.3 is 16.8 Å². The van der Waals surface area contributed by atoms with E-state index in [0.717, 1.165) is 51.5 Å². The van der Waals surface area contributed by atoms with Crippen LogP contribution in [0.1, 0.15) is 95.5 Å². The smallest absolute Gasteiger partial charge is 0.252 e. The van der Waals surface area contributed by atoms with Crippen molar-refractivity contribution >= 4 is 22.5 Å². The maximum absolute atomic E-state index is 14.3. The van der Waals surface area contributed by atoms with Crippen molar-refractivity contribution in [3.63, 3.8) is 0 Å². The molecule has 222 valence electrons. The monoisotopic (exact) mass is 558 g/mol.